The fourth-order valence-electron chi connectivity index (χ4n) is 2.35. The van der Waals surface area contributed by atoms with Gasteiger partial charge in [0.15, 0.2) is 11.6 Å². The van der Waals surface area contributed by atoms with Gasteiger partial charge in [-0.3, -0.25) is 0 Å². The van der Waals surface area contributed by atoms with E-state index in [2.05, 4.69) is 9.97 Å². The van der Waals surface area contributed by atoms with Crippen LogP contribution < -0.4 is 10.6 Å². The lowest BCUT2D eigenvalue weighted by Gasteiger charge is -2.28. The quantitative estimate of drug-likeness (QED) is 0.879. The van der Waals surface area contributed by atoms with Gasteiger partial charge < -0.3 is 20.5 Å². The minimum Gasteiger partial charge on any atom is -0.478 e. The molecule has 0 amide bonds. The summed E-state index contributed by atoms with van der Waals surface area (Å²) in [5.74, 6) is 0.000208. The van der Waals surface area contributed by atoms with Gasteiger partial charge in [-0.25, -0.2) is 14.8 Å². The first kappa shape index (κ1) is 14.3. The fraction of sp³-hybridized carbons (Fsp3) is 0.267. The SMILES string of the molecule is Nc1ncc(-c2cccc(C(=O)O)c2)nc1N1CCOCC1. The van der Waals surface area contributed by atoms with Crippen molar-refractivity contribution in [3.8, 4) is 11.3 Å². The molecule has 3 N–H and O–H groups in total. The highest BCUT2D eigenvalue weighted by molar-refractivity contribution is 5.89. The van der Waals surface area contributed by atoms with E-state index in [1.165, 1.54) is 0 Å². The lowest BCUT2D eigenvalue weighted by Crippen LogP contribution is -2.37. The average molecular weight is 300 g/mol. The summed E-state index contributed by atoms with van der Waals surface area (Å²) in [4.78, 5) is 21.8. The normalized spacial score (nSPS) is 14.8. The van der Waals surface area contributed by atoms with Crippen LogP contribution in [0.15, 0.2) is 30.5 Å². The summed E-state index contributed by atoms with van der Waals surface area (Å²) in [7, 11) is 0. The van der Waals surface area contributed by atoms with E-state index < -0.39 is 5.97 Å². The molecule has 0 radical (unpaired) electrons. The molecule has 1 aliphatic heterocycles. The molecular formula is C15H16N4O3. The number of rotatable bonds is 3. The molecule has 0 aliphatic carbocycles. The van der Waals surface area contributed by atoms with Crippen LogP contribution in [0.5, 0.6) is 0 Å². The Morgan fingerprint density at radius 2 is 2.09 bits per heavy atom. The fourth-order valence-corrected chi connectivity index (χ4v) is 2.35. The number of hydrogen-bond acceptors (Lipinski definition) is 6. The van der Waals surface area contributed by atoms with E-state index in [4.69, 9.17) is 15.6 Å². The molecule has 0 bridgehead atoms. The highest BCUT2D eigenvalue weighted by atomic mass is 16.5. The Morgan fingerprint density at radius 3 is 2.82 bits per heavy atom. The summed E-state index contributed by atoms with van der Waals surface area (Å²) >= 11 is 0. The van der Waals surface area contributed by atoms with E-state index in [9.17, 15) is 4.79 Å². The molecule has 7 nitrogen and oxygen atoms in total. The average Bonchev–Trinajstić information content (AvgIpc) is 2.56. The van der Waals surface area contributed by atoms with Crippen molar-refractivity contribution in [1.29, 1.82) is 0 Å². The maximum absolute atomic E-state index is 11.1. The van der Waals surface area contributed by atoms with Gasteiger partial charge in [0.05, 0.1) is 30.7 Å². The molecule has 2 aromatic rings. The summed E-state index contributed by atoms with van der Waals surface area (Å²) in [5, 5.41) is 9.08. The van der Waals surface area contributed by atoms with Crippen LogP contribution in [0.2, 0.25) is 0 Å². The number of aromatic carboxylic acids is 1. The van der Waals surface area contributed by atoms with Gasteiger partial charge in [0.1, 0.15) is 0 Å². The molecule has 1 aromatic carbocycles. The number of carboxylic acids is 1. The Labute approximate surface area is 127 Å². The molecule has 0 atom stereocenters. The lowest BCUT2D eigenvalue weighted by molar-refractivity contribution is 0.0697. The molecule has 1 aromatic heterocycles. The molecule has 0 saturated carbocycles. The Hall–Kier alpha value is -2.67. The van der Waals surface area contributed by atoms with Crippen LogP contribution >= 0.6 is 0 Å². The Morgan fingerprint density at radius 1 is 1.32 bits per heavy atom. The number of morpholine rings is 1. The lowest BCUT2D eigenvalue weighted by atomic mass is 10.1. The van der Waals surface area contributed by atoms with Crippen molar-refractivity contribution in [3.63, 3.8) is 0 Å². The standard InChI is InChI=1S/C15H16N4O3/c16-13-14(19-4-6-22-7-5-19)18-12(9-17-13)10-2-1-3-11(8-10)15(20)21/h1-3,8-9H,4-7H2,(H2,16,17)(H,20,21). The molecule has 0 unspecified atom stereocenters. The minimum absolute atomic E-state index is 0.212. The molecule has 1 fully saturated rings. The van der Waals surface area contributed by atoms with E-state index in [0.29, 0.717) is 49.2 Å². The molecule has 1 saturated heterocycles. The van der Waals surface area contributed by atoms with E-state index in [-0.39, 0.29) is 5.56 Å². The van der Waals surface area contributed by atoms with Crippen LogP contribution in [-0.4, -0.2) is 47.3 Å². The second kappa shape index (κ2) is 5.98. The van der Waals surface area contributed by atoms with E-state index in [0.717, 1.165) is 0 Å². The first-order valence-corrected chi connectivity index (χ1v) is 6.94. The Balaban J connectivity index is 1.97. The largest absolute Gasteiger partial charge is 0.478 e. The van der Waals surface area contributed by atoms with Crippen molar-refractivity contribution in [2.45, 2.75) is 0 Å². The molecule has 0 spiro atoms. The first-order valence-electron chi connectivity index (χ1n) is 6.94. The van der Waals surface area contributed by atoms with Gasteiger partial charge in [-0.15, -0.1) is 0 Å². The Kier molecular flexibility index (Phi) is 3.88. The summed E-state index contributed by atoms with van der Waals surface area (Å²) in [6.45, 7) is 2.66. The van der Waals surface area contributed by atoms with Crippen LogP contribution in [0, 0.1) is 0 Å². The van der Waals surface area contributed by atoms with Gasteiger partial charge in [0, 0.05) is 18.7 Å². The predicted octanol–water partition coefficient (Wildman–Crippen LogP) is 1.26. The smallest absolute Gasteiger partial charge is 0.335 e. The molecule has 7 heteroatoms. The Bertz CT molecular complexity index is 699. The van der Waals surface area contributed by atoms with Gasteiger partial charge in [-0.05, 0) is 12.1 Å². The van der Waals surface area contributed by atoms with Crippen LogP contribution in [-0.2, 0) is 4.74 Å². The second-order valence-electron chi connectivity index (χ2n) is 4.95. The van der Waals surface area contributed by atoms with Gasteiger partial charge in [-0.1, -0.05) is 12.1 Å². The zero-order valence-corrected chi connectivity index (χ0v) is 11.9. The minimum atomic E-state index is -0.973. The number of anilines is 2. The summed E-state index contributed by atoms with van der Waals surface area (Å²) in [5.41, 5.74) is 7.43. The number of carboxylic acid groups (broad SMARTS) is 1. The van der Waals surface area contributed by atoms with Crippen LogP contribution in [0.3, 0.4) is 0 Å². The number of ether oxygens (including phenoxy) is 1. The number of hydrogen-bond donors (Lipinski definition) is 2. The van der Waals surface area contributed by atoms with Gasteiger partial charge in [0.2, 0.25) is 0 Å². The van der Waals surface area contributed by atoms with Gasteiger partial charge in [-0.2, -0.15) is 0 Å². The predicted molar refractivity (Wildman–Crippen MR) is 81.9 cm³/mol. The third-order valence-corrected chi connectivity index (χ3v) is 3.50. The van der Waals surface area contributed by atoms with Crippen molar-refractivity contribution in [3.05, 3.63) is 36.0 Å². The van der Waals surface area contributed by atoms with E-state index >= 15 is 0 Å². The van der Waals surface area contributed by atoms with E-state index in [1.807, 2.05) is 4.90 Å². The summed E-state index contributed by atoms with van der Waals surface area (Å²) in [6.07, 6.45) is 1.56. The molecule has 2 heterocycles. The molecule has 22 heavy (non-hydrogen) atoms. The number of nitrogens with two attached hydrogens (primary N) is 1. The van der Waals surface area contributed by atoms with Crippen molar-refractivity contribution in [2.24, 2.45) is 0 Å². The summed E-state index contributed by atoms with van der Waals surface area (Å²) < 4.78 is 5.32. The number of aromatic nitrogens is 2. The third kappa shape index (κ3) is 2.84. The zero-order valence-electron chi connectivity index (χ0n) is 11.9. The molecule has 1 aliphatic rings. The van der Waals surface area contributed by atoms with Crippen molar-refractivity contribution >= 4 is 17.6 Å². The number of benzene rings is 1. The van der Waals surface area contributed by atoms with E-state index in [1.54, 1.807) is 30.5 Å². The zero-order chi connectivity index (χ0) is 15.5. The van der Waals surface area contributed by atoms with Crippen molar-refractivity contribution in [2.75, 3.05) is 36.9 Å². The molecular weight excluding hydrogens is 284 g/mol. The van der Waals surface area contributed by atoms with Crippen molar-refractivity contribution in [1.82, 2.24) is 9.97 Å². The highest BCUT2D eigenvalue weighted by Crippen LogP contribution is 2.25. The van der Waals surface area contributed by atoms with Crippen LogP contribution in [0.25, 0.3) is 11.3 Å². The van der Waals surface area contributed by atoms with Crippen LogP contribution in [0.4, 0.5) is 11.6 Å². The van der Waals surface area contributed by atoms with Gasteiger partial charge >= 0.3 is 5.97 Å². The maximum atomic E-state index is 11.1. The third-order valence-electron chi connectivity index (χ3n) is 3.50. The maximum Gasteiger partial charge on any atom is 0.335 e. The monoisotopic (exact) mass is 300 g/mol. The number of nitrogen functional groups attached to an aromatic ring is 1. The molecule has 3 rings (SSSR count). The first-order chi connectivity index (χ1) is 10.6. The number of nitrogens with zero attached hydrogens (tertiary/aromatic N) is 3. The highest BCUT2D eigenvalue weighted by Gasteiger charge is 2.17. The second-order valence-corrected chi connectivity index (χ2v) is 4.95. The topological polar surface area (TPSA) is 102 Å². The summed E-state index contributed by atoms with van der Waals surface area (Å²) in [6, 6.07) is 6.60. The van der Waals surface area contributed by atoms with Crippen molar-refractivity contribution < 1.29 is 14.6 Å². The number of carbonyl (C=O) groups is 1. The molecule has 114 valence electrons. The van der Waals surface area contributed by atoms with Crippen LogP contribution in [0.1, 0.15) is 10.4 Å². The van der Waals surface area contributed by atoms with Gasteiger partial charge in [0.25, 0.3) is 0 Å².